The molecule has 8 heteroatoms. The first-order valence-electron chi connectivity index (χ1n) is 32.8. The molecule has 0 saturated heterocycles. The molecular weight excluding hydrogens is 1030 g/mol. The second-order valence-corrected chi connectivity index (χ2v) is 24.9. The first kappa shape index (κ1) is 60.1. The van der Waals surface area contributed by atoms with E-state index in [0.29, 0.717) is 0 Å². The predicted molar refractivity (Wildman–Crippen MR) is 351 cm³/mol. The van der Waals surface area contributed by atoms with Gasteiger partial charge in [-0.05, 0) is 153 Å². The van der Waals surface area contributed by atoms with Gasteiger partial charge in [0.15, 0.2) is 0 Å². The summed E-state index contributed by atoms with van der Waals surface area (Å²) in [6, 6.07) is 46.8. The van der Waals surface area contributed by atoms with E-state index in [4.69, 9.17) is 9.97 Å². The van der Waals surface area contributed by atoms with E-state index in [1.807, 2.05) is 24.3 Å². The summed E-state index contributed by atoms with van der Waals surface area (Å²) in [7, 11) is 0. The van der Waals surface area contributed by atoms with Crippen molar-refractivity contribution in [3.63, 3.8) is 0 Å². The van der Waals surface area contributed by atoms with Gasteiger partial charge in [0.25, 0.3) is 11.4 Å². The quantitative estimate of drug-likeness (QED) is 0.0230. The monoisotopic (exact) mass is 1120 g/mol. The van der Waals surface area contributed by atoms with E-state index in [2.05, 4.69) is 125 Å². The van der Waals surface area contributed by atoms with Crippen LogP contribution in [0, 0.1) is 20.2 Å². The maximum absolute atomic E-state index is 12.3. The van der Waals surface area contributed by atoms with Crippen LogP contribution < -0.4 is 0 Å². The molecule has 2 aliphatic rings. The zero-order valence-corrected chi connectivity index (χ0v) is 50.9. The molecule has 8 nitrogen and oxygen atoms in total. The lowest BCUT2D eigenvalue weighted by atomic mass is 9.70. The van der Waals surface area contributed by atoms with Gasteiger partial charge in [-0.1, -0.05) is 230 Å². The van der Waals surface area contributed by atoms with Gasteiger partial charge in [0.05, 0.1) is 32.3 Å². The van der Waals surface area contributed by atoms with Crippen molar-refractivity contribution >= 4 is 33.2 Å². The molecule has 0 N–H and O–H groups in total. The van der Waals surface area contributed by atoms with Gasteiger partial charge in [-0.15, -0.1) is 0 Å². The molecule has 0 amide bonds. The molecule has 0 saturated carbocycles. The Kier molecular flexibility index (Phi) is 20.2. The Bertz CT molecular complexity index is 3320. The summed E-state index contributed by atoms with van der Waals surface area (Å²) in [5, 5.41) is 26.8. The highest BCUT2D eigenvalue weighted by molar-refractivity contribution is 5.91. The van der Waals surface area contributed by atoms with Crippen LogP contribution in [0.2, 0.25) is 0 Å². The van der Waals surface area contributed by atoms with Crippen LogP contribution in [0.15, 0.2) is 133 Å². The predicted octanol–water partition coefficient (Wildman–Crippen LogP) is 23.1. The molecule has 0 unspecified atom stereocenters. The highest BCUT2D eigenvalue weighted by Crippen LogP contribution is 2.58. The number of aromatic nitrogens is 2. The highest BCUT2D eigenvalue weighted by Gasteiger charge is 2.45. The van der Waals surface area contributed by atoms with E-state index < -0.39 is 0 Å². The number of non-ortho nitro benzene ring substituents is 2. The Labute approximate surface area is 500 Å². The summed E-state index contributed by atoms with van der Waals surface area (Å²) < 4.78 is 0. The maximum atomic E-state index is 12.3. The maximum Gasteiger partial charge on any atom is 0.269 e. The lowest BCUT2D eigenvalue weighted by molar-refractivity contribution is -0.385. The van der Waals surface area contributed by atoms with E-state index in [-0.39, 0.29) is 32.1 Å². The molecule has 84 heavy (non-hydrogen) atoms. The fourth-order valence-electron chi connectivity index (χ4n) is 14.6. The third-order valence-corrected chi connectivity index (χ3v) is 19.2. The van der Waals surface area contributed by atoms with Gasteiger partial charge in [0.1, 0.15) is 0 Å². The minimum Gasteiger partial charge on any atom is -0.258 e. The fraction of sp³-hybridized carbons (Fsp3) is 0.447. The average molecular weight is 1120 g/mol. The van der Waals surface area contributed by atoms with Crippen LogP contribution in [0.4, 0.5) is 11.4 Å². The largest absolute Gasteiger partial charge is 0.269 e. The molecule has 0 spiro atoms. The highest BCUT2D eigenvalue weighted by atomic mass is 16.6. The molecule has 2 aromatic heterocycles. The lowest BCUT2D eigenvalue weighted by Gasteiger charge is -2.33. The van der Waals surface area contributed by atoms with Crippen molar-refractivity contribution in [3.8, 4) is 55.9 Å². The van der Waals surface area contributed by atoms with Crippen LogP contribution in [0.25, 0.3) is 77.7 Å². The number of pyridine rings is 2. The standard InChI is InChI=1S/C76H90N4O4/c1-5-9-13-17-21-25-45-75(46-26-22-18-14-10-6-2)67-51-57(29-37-63(67)65-39-35-61(79(81)82)53-69(65)75)55-31-41-71-59(49-55)33-43-73(77-71)74-44-34-60-50-56(32-42-72(60)78-74)58-30-38-64-66-40-36-62(80(83)84)54-70(66)76(68(64)52-58,47-27-23-19-15-11-7-3)48-28-24-20-16-12-8-4/h29-44,49-54H,5-28,45-48H2,1-4H3. The molecule has 438 valence electrons. The third kappa shape index (κ3) is 13.1. The number of fused-ring (bicyclic) bond motifs is 8. The van der Waals surface area contributed by atoms with Gasteiger partial charge in [-0.25, -0.2) is 9.97 Å². The molecule has 2 aliphatic carbocycles. The number of rotatable bonds is 33. The third-order valence-electron chi connectivity index (χ3n) is 19.2. The van der Waals surface area contributed by atoms with Gasteiger partial charge < -0.3 is 0 Å². The Morgan fingerprint density at radius 3 is 0.940 bits per heavy atom. The van der Waals surface area contributed by atoms with Crippen molar-refractivity contribution < 1.29 is 9.85 Å². The van der Waals surface area contributed by atoms with Crippen molar-refractivity contribution in [3.05, 3.63) is 176 Å². The Balaban J connectivity index is 0.922. The first-order valence-corrected chi connectivity index (χ1v) is 32.8. The summed E-state index contributed by atoms with van der Waals surface area (Å²) in [5.41, 5.74) is 17.5. The van der Waals surface area contributed by atoms with Crippen LogP contribution >= 0.6 is 0 Å². The van der Waals surface area contributed by atoms with E-state index >= 15 is 0 Å². The van der Waals surface area contributed by atoms with E-state index in [0.717, 1.165) is 129 Å². The van der Waals surface area contributed by atoms with Crippen molar-refractivity contribution in [2.45, 2.75) is 218 Å². The number of nitrogens with zero attached hydrogens (tertiary/aromatic N) is 4. The average Bonchev–Trinajstić information content (AvgIpc) is 1.73. The fourth-order valence-corrected chi connectivity index (χ4v) is 14.6. The number of nitro benzene ring substituents is 2. The zero-order chi connectivity index (χ0) is 58.5. The van der Waals surface area contributed by atoms with Gasteiger partial charge in [0, 0.05) is 45.9 Å². The number of nitro groups is 2. The molecule has 0 atom stereocenters. The van der Waals surface area contributed by atoms with Crippen LogP contribution in [-0.4, -0.2) is 19.8 Å². The number of unbranched alkanes of at least 4 members (excludes halogenated alkanes) is 20. The summed E-state index contributed by atoms with van der Waals surface area (Å²) in [6.07, 6.45) is 33.0. The molecule has 0 aliphatic heterocycles. The van der Waals surface area contributed by atoms with Crippen molar-refractivity contribution in [2.24, 2.45) is 0 Å². The molecular formula is C76H90N4O4. The van der Waals surface area contributed by atoms with Crippen molar-refractivity contribution in [1.82, 2.24) is 9.97 Å². The SMILES string of the molecule is CCCCCCCCC1(CCCCCCCC)c2cc(-c3ccc4nc(-c5ccc6cc(-c7ccc8c(c7)C(CCCCCCCC)(CCCCCCCC)c7cc([N+](=O)[O-])ccc7-8)ccc6n5)ccc4c3)ccc2-c2ccc([N+](=O)[O-])cc21. The normalized spacial score (nSPS) is 13.5. The molecule has 10 rings (SSSR count). The molecule has 6 aromatic carbocycles. The topological polar surface area (TPSA) is 112 Å². The first-order chi connectivity index (χ1) is 41.1. The Morgan fingerprint density at radius 2 is 0.607 bits per heavy atom. The molecule has 2 heterocycles. The Morgan fingerprint density at radius 1 is 0.321 bits per heavy atom. The summed E-state index contributed by atoms with van der Waals surface area (Å²) in [6.45, 7) is 9.06. The zero-order valence-electron chi connectivity index (χ0n) is 50.9. The van der Waals surface area contributed by atoms with E-state index in [1.165, 1.54) is 151 Å². The molecule has 0 fully saturated rings. The van der Waals surface area contributed by atoms with Gasteiger partial charge in [-0.2, -0.15) is 0 Å². The van der Waals surface area contributed by atoms with E-state index in [9.17, 15) is 20.2 Å². The number of hydrogen-bond acceptors (Lipinski definition) is 6. The second kappa shape index (κ2) is 28.2. The van der Waals surface area contributed by atoms with Crippen LogP contribution in [0.5, 0.6) is 0 Å². The summed E-state index contributed by atoms with van der Waals surface area (Å²) >= 11 is 0. The minimum absolute atomic E-state index is 0.183. The van der Waals surface area contributed by atoms with Crippen LogP contribution in [0.3, 0.4) is 0 Å². The van der Waals surface area contributed by atoms with Crippen LogP contribution in [0.1, 0.15) is 230 Å². The summed E-state index contributed by atoms with van der Waals surface area (Å²) in [5.74, 6) is 0. The van der Waals surface area contributed by atoms with Crippen molar-refractivity contribution in [2.75, 3.05) is 0 Å². The Hall–Kier alpha value is -7.06. The summed E-state index contributed by atoms with van der Waals surface area (Å²) in [4.78, 5) is 34.6. The minimum atomic E-state index is -0.278. The van der Waals surface area contributed by atoms with Gasteiger partial charge in [-0.3, -0.25) is 20.2 Å². The van der Waals surface area contributed by atoms with Gasteiger partial charge >= 0.3 is 0 Å². The van der Waals surface area contributed by atoms with Crippen molar-refractivity contribution in [1.29, 1.82) is 0 Å². The number of hydrogen-bond donors (Lipinski definition) is 0. The smallest absolute Gasteiger partial charge is 0.258 e. The second-order valence-electron chi connectivity index (χ2n) is 24.9. The molecule has 0 bridgehead atoms. The number of benzene rings is 6. The van der Waals surface area contributed by atoms with Gasteiger partial charge in [0.2, 0.25) is 0 Å². The lowest BCUT2D eigenvalue weighted by Crippen LogP contribution is -2.25. The molecule has 8 aromatic rings. The molecule has 0 radical (unpaired) electrons. The van der Waals surface area contributed by atoms with E-state index in [1.54, 1.807) is 12.1 Å². The van der Waals surface area contributed by atoms with Crippen LogP contribution in [-0.2, 0) is 10.8 Å².